The maximum Gasteiger partial charge on any atom is 0.407 e. The second kappa shape index (κ2) is 15.1. The number of amides is 2. The van der Waals surface area contributed by atoms with Gasteiger partial charge in [-0.25, -0.2) is 19.2 Å². The van der Waals surface area contributed by atoms with Gasteiger partial charge in [-0.15, -0.1) is 0 Å². The van der Waals surface area contributed by atoms with Crippen molar-refractivity contribution in [1.29, 1.82) is 0 Å². The second-order valence-electron chi connectivity index (χ2n) is 9.83. The van der Waals surface area contributed by atoms with Crippen LogP contribution < -0.4 is 10.6 Å². The lowest BCUT2D eigenvalue weighted by Crippen LogP contribution is -2.50. The number of carbonyl (C=O) groups excluding carboxylic acids is 4. The number of rotatable bonds is 14. The molecule has 1 rings (SSSR count). The normalized spacial score (nSPS) is 20.6. The van der Waals surface area contributed by atoms with Gasteiger partial charge in [-0.3, -0.25) is 0 Å². The molecule has 0 heterocycles. The average molecular weight is 497 g/mol. The summed E-state index contributed by atoms with van der Waals surface area (Å²) in [5.74, 6) is -0.984. The van der Waals surface area contributed by atoms with Crippen molar-refractivity contribution in [3.63, 3.8) is 0 Å². The third kappa shape index (κ3) is 13.4. The molecule has 2 N–H and O–H groups in total. The van der Waals surface area contributed by atoms with E-state index in [4.69, 9.17) is 18.9 Å². The number of hydrogen-bond acceptors (Lipinski definition) is 8. The minimum Gasteiger partial charge on any atom is -0.463 e. The molecule has 2 amide bonds. The van der Waals surface area contributed by atoms with E-state index < -0.39 is 24.1 Å². The van der Waals surface area contributed by atoms with Gasteiger partial charge in [0.1, 0.15) is 0 Å². The summed E-state index contributed by atoms with van der Waals surface area (Å²) >= 11 is 0. The van der Waals surface area contributed by atoms with Crippen LogP contribution in [-0.2, 0) is 28.5 Å². The summed E-state index contributed by atoms with van der Waals surface area (Å²) in [7, 11) is 0. The molecule has 198 valence electrons. The summed E-state index contributed by atoms with van der Waals surface area (Å²) < 4.78 is 20.1. The Hall–Kier alpha value is -3.04. The standard InChI is InChI=1S/C25H40N2O8/c1-6-20(28)32-11-8-9-12-35-23(31)27-19-15-24(3,4)17-25(5,16-19)18-26-22(30)34-14-10-13-33-21(29)7-2/h6-7,19H,1-2,8-18H2,3-5H3,(H,26,30)(H,27,31). The monoisotopic (exact) mass is 496 g/mol. The Morgan fingerprint density at radius 2 is 1.31 bits per heavy atom. The van der Waals surface area contributed by atoms with Gasteiger partial charge in [-0.2, -0.15) is 0 Å². The van der Waals surface area contributed by atoms with Crippen molar-refractivity contribution in [2.45, 2.75) is 65.3 Å². The van der Waals surface area contributed by atoms with Crippen LogP contribution in [0.1, 0.15) is 59.3 Å². The quantitative estimate of drug-likeness (QED) is 0.161. The molecule has 0 radical (unpaired) electrons. The summed E-state index contributed by atoms with van der Waals surface area (Å²) in [5, 5.41) is 5.76. The molecule has 1 aliphatic rings. The number of nitrogens with one attached hydrogen (secondary N) is 2. The maximum atomic E-state index is 12.3. The van der Waals surface area contributed by atoms with E-state index in [0.717, 1.165) is 25.0 Å². The predicted molar refractivity (Wildman–Crippen MR) is 130 cm³/mol. The van der Waals surface area contributed by atoms with Crippen LogP contribution in [0.4, 0.5) is 9.59 Å². The van der Waals surface area contributed by atoms with Gasteiger partial charge in [-0.1, -0.05) is 33.9 Å². The highest BCUT2D eigenvalue weighted by Crippen LogP contribution is 2.45. The van der Waals surface area contributed by atoms with E-state index in [0.29, 0.717) is 32.2 Å². The van der Waals surface area contributed by atoms with Gasteiger partial charge in [0.2, 0.25) is 0 Å². The molecule has 0 aliphatic heterocycles. The third-order valence-electron chi connectivity index (χ3n) is 5.54. The molecule has 1 fully saturated rings. The Kier molecular flexibility index (Phi) is 12.9. The Labute approximate surface area is 207 Å². The first-order valence-corrected chi connectivity index (χ1v) is 11.9. The van der Waals surface area contributed by atoms with Crippen molar-refractivity contribution in [2.75, 3.05) is 33.0 Å². The molecule has 1 aliphatic carbocycles. The van der Waals surface area contributed by atoms with E-state index in [-0.39, 0.29) is 43.3 Å². The predicted octanol–water partition coefficient (Wildman–Crippen LogP) is 3.65. The van der Waals surface area contributed by atoms with Crippen LogP contribution >= 0.6 is 0 Å². The Morgan fingerprint density at radius 3 is 1.91 bits per heavy atom. The van der Waals surface area contributed by atoms with E-state index in [2.05, 4.69) is 44.6 Å². The van der Waals surface area contributed by atoms with Crippen molar-refractivity contribution in [1.82, 2.24) is 10.6 Å². The molecule has 0 saturated heterocycles. The molecule has 10 nitrogen and oxygen atoms in total. The van der Waals surface area contributed by atoms with Gasteiger partial charge in [0.05, 0.1) is 26.4 Å². The first-order valence-electron chi connectivity index (χ1n) is 11.9. The molecule has 0 aromatic heterocycles. The van der Waals surface area contributed by atoms with Gasteiger partial charge in [-0.05, 0) is 42.9 Å². The minimum atomic E-state index is -0.535. The van der Waals surface area contributed by atoms with Gasteiger partial charge >= 0.3 is 24.1 Å². The van der Waals surface area contributed by atoms with Crippen molar-refractivity contribution in [3.8, 4) is 0 Å². The molecule has 1 saturated carbocycles. The molecule has 2 unspecified atom stereocenters. The summed E-state index contributed by atoms with van der Waals surface area (Å²) in [6.07, 6.45) is 5.07. The number of unbranched alkanes of at least 4 members (excludes halogenated alkanes) is 1. The smallest absolute Gasteiger partial charge is 0.407 e. The largest absolute Gasteiger partial charge is 0.463 e. The van der Waals surface area contributed by atoms with Crippen LogP contribution in [0.25, 0.3) is 0 Å². The van der Waals surface area contributed by atoms with Crippen LogP contribution in [-0.4, -0.2) is 63.1 Å². The fourth-order valence-corrected chi connectivity index (χ4v) is 4.47. The first-order chi connectivity index (χ1) is 16.5. The van der Waals surface area contributed by atoms with Crippen molar-refractivity contribution in [2.24, 2.45) is 10.8 Å². The lowest BCUT2D eigenvalue weighted by Gasteiger charge is -2.46. The average Bonchev–Trinajstić information content (AvgIpc) is 2.78. The Bertz CT molecular complexity index is 752. The van der Waals surface area contributed by atoms with E-state index in [1.54, 1.807) is 0 Å². The summed E-state index contributed by atoms with van der Waals surface area (Å²) in [5.41, 5.74) is -0.284. The zero-order chi connectivity index (χ0) is 26.3. The summed E-state index contributed by atoms with van der Waals surface area (Å²) in [6, 6.07) is -0.0952. The number of hydrogen-bond donors (Lipinski definition) is 2. The maximum absolute atomic E-state index is 12.3. The number of ether oxygens (including phenoxy) is 4. The lowest BCUT2D eigenvalue weighted by atomic mass is 9.62. The summed E-state index contributed by atoms with van der Waals surface area (Å²) in [4.78, 5) is 46.3. The molecular weight excluding hydrogens is 456 g/mol. The molecule has 0 spiro atoms. The van der Waals surface area contributed by atoms with Crippen molar-refractivity contribution < 1.29 is 38.1 Å². The number of alkyl carbamates (subject to hydrolysis) is 2. The molecule has 0 aromatic rings. The topological polar surface area (TPSA) is 129 Å². The van der Waals surface area contributed by atoms with Crippen LogP contribution in [0, 0.1) is 10.8 Å². The second-order valence-corrected chi connectivity index (χ2v) is 9.83. The third-order valence-corrected chi connectivity index (χ3v) is 5.54. The molecule has 10 heteroatoms. The van der Waals surface area contributed by atoms with Crippen LogP contribution in [0.2, 0.25) is 0 Å². The van der Waals surface area contributed by atoms with Crippen LogP contribution in [0.5, 0.6) is 0 Å². The molecule has 35 heavy (non-hydrogen) atoms. The van der Waals surface area contributed by atoms with Crippen molar-refractivity contribution >= 4 is 24.1 Å². The zero-order valence-electron chi connectivity index (χ0n) is 21.2. The van der Waals surface area contributed by atoms with E-state index in [1.165, 1.54) is 0 Å². The number of carbonyl (C=O) groups is 4. The van der Waals surface area contributed by atoms with Crippen LogP contribution in [0.15, 0.2) is 25.3 Å². The van der Waals surface area contributed by atoms with Gasteiger partial charge in [0.15, 0.2) is 0 Å². The van der Waals surface area contributed by atoms with Crippen LogP contribution in [0.3, 0.4) is 0 Å². The lowest BCUT2D eigenvalue weighted by molar-refractivity contribution is -0.138. The fourth-order valence-electron chi connectivity index (χ4n) is 4.47. The summed E-state index contributed by atoms with van der Waals surface area (Å²) in [6.45, 7) is 14.1. The van der Waals surface area contributed by atoms with E-state index in [1.807, 2.05) is 0 Å². The fraction of sp³-hybridized carbons (Fsp3) is 0.680. The molecule has 0 bridgehead atoms. The Balaban J connectivity index is 2.37. The molecule has 2 atom stereocenters. The van der Waals surface area contributed by atoms with E-state index in [9.17, 15) is 19.2 Å². The Morgan fingerprint density at radius 1 is 0.800 bits per heavy atom. The molecular formula is C25H40N2O8. The van der Waals surface area contributed by atoms with Gasteiger partial charge in [0, 0.05) is 31.2 Å². The molecule has 0 aromatic carbocycles. The van der Waals surface area contributed by atoms with Gasteiger partial charge in [0.25, 0.3) is 0 Å². The highest BCUT2D eigenvalue weighted by atomic mass is 16.6. The minimum absolute atomic E-state index is 0.0411. The highest BCUT2D eigenvalue weighted by Gasteiger charge is 2.42. The van der Waals surface area contributed by atoms with E-state index >= 15 is 0 Å². The zero-order valence-corrected chi connectivity index (χ0v) is 21.2. The SMILES string of the molecule is C=CC(=O)OCCCCOC(=O)NC1CC(C)(C)CC(C)(CNC(=O)OCCCOC(=O)C=C)C1. The first kappa shape index (κ1) is 30.0. The highest BCUT2D eigenvalue weighted by molar-refractivity contribution is 5.81. The number of esters is 2. The van der Waals surface area contributed by atoms with Crippen molar-refractivity contribution in [3.05, 3.63) is 25.3 Å². The van der Waals surface area contributed by atoms with Gasteiger partial charge < -0.3 is 29.6 Å².